The third-order valence-electron chi connectivity index (χ3n) is 4.69. The molecule has 0 radical (unpaired) electrons. The van der Waals surface area contributed by atoms with E-state index in [0.717, 1.165) is 18.9 Å². The fourth-order valence-corrected chi connectivity index (χ4v) is 3.72. The number of fused-ring (bicyclic) bond motifs is 2. The molecule has 5 nitrogen and oxygen atoms in total. The average Bonchev–Trinajstić information content (AvgIpc) is 3.13. The summed E-state index contributed by atoms with van der Waals surface area (Å²) < 4.78 is 10.7. The van der Waals surface area contributed by atoms with E-state index in [1.165, 1.54) is 19.5 Å². The maximum Gasteiger partial charge on any atom is 0.291 e. The molecule has 2 fully saturated rings. The lowest BCUT2D eigenvalue weighted by Crippen LogP contribution is -2.46. The first-order valence-electron chi connectivity index (χ1n) is 8.22. The van der Waals surface area contributed by atoms with Crippen LogP contribution in [0.5, 0.6) is 11.7 Å². The Balaban J connectivity index is 1.36. The van der Waals surface area contributed by atoms with E-state index in [1.807, 2.05) is 0 Å². The highest BCUT2D eigenvalue weighted by Gasteiger charge is 2.32. The van der Waals surface area contributed by atoms with Gasteiger partial charge in [-0.25, -0.2) is 0 Å². The predicted molar refractivity (Wildman–Crippen MR) is 90.7 cm³/mol. The van der Waals surface area contributed by atoms with Gasteiger partial charge in [-0.3, -0.25) is 4.79 Å². The topological polar surface area (TPSA) is 54.7 Å². The first kappa shape index (κ1) is 15.5. The molecular weight excluding hydrogens is 328 g/mol. The number of ether oxygens (including phenoxy) is 1. The normalized spacial score (nSPS) is 25.5. The van der Waals surface area contributed by atoms with Crippen molar-refractivity contribution in [1.29, 1.82) is 0 Å². The highest BCUT2D eigenvalue weighted by molar-refractivity contribution is 6.28. The second-order valence-corrected chi connectivity index (χ2v) is 6.88. The van der Waals surface area contributed by atoms with Crippen molar-refractivity contribution in [1.82, 2.24) is 10.2 Å². The zero-order valence-electron chi connectivity index (χ0n) is 13.2. The van der Waals surface area contributed by atoms with Gasteiger partial charge in [0, 0.05) is 36.8 Å². The molecule has 126 valence electrons. The number of rotatable bonds is 4. The van der Waals surface area contributed by atoms with Crippen LogP contribution in [0.25, 0.3) is 0 Å². The molecule has 0 aliphatic carbocycles. The molecule has 0 spiro atoms. The van der Waals surface area contributed by atoms with Gasteiger partial charge < -0.3 is 19.4 Å². The van der Waals surface area contributed by atoms with Crippen LogP contribution in [0.2, 0.25) is 5.22 Å². The van der Waals surface area contributed by atoms with Crippen molar-refractivity contribution in [2.45, 2.75) is 18.9 Å². The molecule has 2 saturated heterocycles. The van der Waals surface area contributed by atoms with Crippen LogP contribution in [0.3, 0.4) is 0 Å². The Hall–Kier alpha value is -1.98. The van der Waals surface area contributed by atoms with Crippen molar-refractivity contribution in [2.75, 3.05) is 19.6 Å². The van der Waals surface area contributed by atoms with Crippen molar-refractivity contribution in [2.24, 2.45) is 5.92 Å². The highest BCUT2D eigenvalue weighted by atomic mass is 35.5. The summed E-state index contributed by atoms with van der Waals surface area (Å²) in [4.78, 5) is 14.8. The summed E-state index contributed by atoms with van der Waals surface area (Å²) in [5.41, 5.74) is 0.632. The monoisotopic (exact) mass is 346 g/mol. The Morgan fingerprint density at radius 3 is 2.75 bits per heavy atom. The number of nitrogens with one attached hydrogen (secondary N) is 1. The van der Waals surface area contributed by atoms with Crippen molar-refractivity contribution < 1.29 is 13.9 Å². The number of halogens is 1. The quantitative estimate of drug-likeness (QED) is 0.919. The van der Waals surface area contributed by atoms with E-state index >= 15 is 0 Å². The molecule has 2 bridgehead atoms. The van der Waals surface area contributed by atoms with Crippen LogP contribution in [0.1, 0.15) is 23.2 Å². The number of carbonyl (C=O) groups is 1. The number of benzene rings is 1. The smallest absolute Gasteiger partial charge is 0.291 e. The van der Waals surface area contributed by atoms with Gasteiger partial charge in [0.05, 0.1) is 0 Å². The van der Waals surface area contributed by atoms with Crippen molar-refractivity contribution in [3.63, 3.8) is 0 Å². The zero-order chi connectivity index (χ0) is 16.5. The Labute approximate surface area is 145 Å². The first-order valence-corrected chi connectivity index (χ1v) is 8.60. The second kappa shape index (κ2) is 6.49. The Morgan fingerprint density at radius 1 is 1.21 bits per heavy atom. The summed E-state index contributed by atoms with van der Waals surface area (Å²) in [7, 11) is 0. The molecule has 0 saturated carbocycles. The first-order chi connectivity index (χ1) is 11.7. The molecule has 3 heterocycles. The summed E-state index contributed by atoms with van der Waals surface area (Å²) in [6, 6.07) is 10.5. The van der Waals surface area contributed by atoms with Crippen LogP contribution >= 0.6 is 11.6 Å². The average molecular weight is 347 g/mol. The molecule has 1 aromatic carbocycles. The van der Waals surface area contributed by atoms with Crippen LogP contribution in [0, 0.1) is 5.92 Å². The minimum Gasteiger partial charge on any atom is -0.426 e. The minimum absolute atomic E-state index is 0.0323. The van der Waals surface area contributed by atoms with Crippen molar-refractivity contribution >= 4 is 17.5 Å². The molecule has 1 N–H and O–H groups in total. The van der Waals surface area contributed by atoms with E-state index in [4.69, 9.17) is 20.8 Å². The number of carbonyl (C=O) groups excluding carboxylic acids is 1. The van der Waals surface area contributed by atoms with Crippen LogP contribution < -0.4 is 10.1 Å². The molecule has 2 aliphatic rings. The number of amides is 1. The van der Waals surface area contributed by atoms with Crippen LogP contribution in [-0.4, -0.2) is 36.5 Å². The van der Waals surface area contributed by atoms with Crippen molar-refractivity contribution in [3.05, 3.63) is 47.2 Å². The third-order valence-corrected chi connectivity index (χ3v) is 4.89. The van der Waals surface area contributed by atoms with E-state index < -0.39 is 0 Å². The summed E-state index contributed by atoms with van der Waals surface area (Å²) in [6.45, 7) is 3.32. The number of piperidine rings is 1. The lowest BCUT2D eigenvalue weighted by molar-refractivity contribution is 0.0909. The number of hydrogen-bond acceptors (Lipinski definition) is 4. The van der Waals surface area contributed by atoms with E-state index in [-0.39, 0.29) is 17.2 Å². The Morgan fingerprint density at radius 2 is 2.04 bits per heavy atom. The summed E-state index contributed by atoms with van der Waals surface area (Å²) in [5.74, 6) is 1.62. The van der Waals surface area contributed by atoms with Gasteiger partial charge in [0.1, 0.15) is 5.75 Å². The highest BCUT2D eigenvalue weighted by Crippen LogP contribution is 2.28. The molecule has 4 rings (SSSR count). The summed E-state index contributed by atoms with van der Waals surface area (Å²) in [5, 5.41) is 3.43. The van der Waals surface area contributed by atoms with Crippen LogP contribution in [0.4, 0.5) is 0 Å². The molecule has 2 aliphatic heterocycles. The standard InChI is InChI=1S/C18H19ClN2O3/c19-16-5-6-17(24-16)23-15-3-1-13(2-4-15)18(22)20-14-9-12-7-8-21(10-12)11-14/h1-6,12,14H,7-11H2,(H,20,22)/t12-,14+/m0/s1. The van der Waals surface area contributed by atoms with Gasteiger partial charge in [-0.1, -0.05) is 0 Å². The van der Waals surface area contributed by atoms with Gasteiger partial charge >= 0.3 is 0 Å². The SMILES string of the molecule is O=C(N[C@@H]1C[C@@H]2CCN(C2)C1)c1ccc(Oc2ccc(Cl)o2)cc1. The van der Waals surface area contributed by atoms with E-state index in [1.54, 1.807) is 36.4 Å². The summed E-state index contributed by atoms with van der Waals surface area (Å²) in [6.07, 6.45) is 2.35. The molecule has 24 heavy (non-hydrogen) atoms. The fourth-order valence-electron chi connectivity index (χ4n) is 3.58. The molecule has 1 aromatic heterocycles. The maximum absolute atomic E-state index is 12.4. The molecule has 1 unspecified atom stereocenters. The van der Waals surface area contributed by atoms with Gasteiger partial charge in [-0.2, -0.15) is 0 Å². The second-order valence-electron chi connectivity index (χ2n) is 6.51. The number of hydrogen-bond donors (Lipinski definition) is 1. The van der Waals surface area contributed by atoms with E-state index in [0.29, 0.717) is 17.3 Å². The minimum atomic E-state index is -0.0323. The maximum atomic E-state index is 12.4. The van der Waals surface area contributed by atoms with Gasteiger partial charge in [-0.15, -0.1) is 0 Å². The van der Waals surface area contributed by atoms with Gasteiger partial charge in [0.15, 0.2) is 5.22 Å². The van der Waals surface area contributed by atoms with Gasteiger partial charge in [0.2, 0.25) is 0 Å². The Bertz CT molecular complexity index is 716. The Kier molecular flexibility index (Phi) is 4.21. The predicted octanol–water partition coefficient (Wildman–Crippen LogP) is 3.55. The number of nitrogens with zero attached hydrogens (tertiary/aromatic N) is 1. The largest absolute Gasteiger partial charge is 0.426 e. The lowest BCUT2D eigenvalue weighted by atomic mass is 9.96. The van der Waals surface area contributed by atoms with Crippen LogP contribution in [-0.2, 0) is 0 Å². The molecule has 3 atom stereocenters. The molecular formula is C18H19ClN2O3. The molecule has 2 aromatic rings. The van der Waals surface area contributed by atoms with Crippen molar-refractivity contribution in [3.8, 4) is 11.7 Å². The number of furan rings is 1. The third kappa shape index (κ3) is 3.42. The lowest BCUT2D eigenvalue weighted by Gasteiger charge is -2.30. The van der Waals surface area contributed by atoms with E-state index in [9.17, 15) is 4.79 Å². The molecule has 1 amide bonds. The zero-order valence-corrected chi connectivity index (χ0v) is 14.0. The van der Waals surface area contributed by atoms with E-state index in [2.05, 4.69) is 10.2 Å². The van der Waals surface area contributed by atoms with Crippen LogP contribution in [0.15, 0.2) is 40.8 Å². The van der Waals surface area contributed by atoms with Gasteiger partial charge in [-0.05, 0) is 61.2 Å². The fraction of sp³-hybridized carbons (Fsp3) is 0.389. The summed E-state index contributed by atoms with van der Waals surface area (Å²) >= 11 is 5.71. The van der Waals surface area contributed by atoms with Gasteiger partial charge in [0.25, 0.3) is 11.9 Å². The molecule has 6 heteroatoms.